The second-order valence-corrected chi connectivity index (χ2v) is 6.57. The third-order valence-corrected chi connectivity index (χ3v) is 4.78. The number of fused-ring (bicyclic) bond motifs is 1. The van der Waals surface area contributed by atoms with Crippen molar-refractivity contribution in [2.75, 3.05) is 6.54 Å². The van der Waals surface area contributed by atoms with Gasteiger partial charge >= 0.3 is 6.18 Å². The Labute approximate surface area is 152 Å². The number of carbonyl (C=O) groups excluding carboxylic acids is 1. The highest BCUT2D eigenvalue weighted by Crippen LogP contribution is 2.34. The van der Waals surface area contributed by atoms with Gasteiger partial charge in [0.15, 0.2) is 5.69 Å². The van der Waals surface area contributed by atoms with Crippen LogP contribution < -0.4 is 0 Å². The largest absolute Gasteiger partial charge is 0.450 e. The van der Waals surface area contributed by atoms with Gasteiger partial charge in [-0.15, -0.1) is 0 Å². The topological polar surface area (TPSA) is 68.3 Å². The van der Waals surface area contributed by atoms with Crippen molar-refractivity contribution in [3.63, 3.8) is 0 Å². The number of imidazole rings is 1. The number of carbonyl (C=O) groups is 1. The highest BCUT2D eigenvalue weighted by atomic mass is 19.4. The highest BCUT2D eigenvalue weighted by molar-refractivity contribution is 5.99. The zero-order chi connectivity index (χ0) is 19.2. The van der Waals surface area contributed by atoms with E-state index in [-0.39, 0.29) is 17.3 Å². The standard InChI is InChI=1S/C17H17F3N6O/c1-24-10-11(8-22-24)12-4-2-3-6-25(12)15(27)14-13-9-21-5-7-26(13)16(23-14)17(18,19)20/h5,7-10,12H,2-4,6H2,1H3. The molecule has 10 heteroatoms. The maximum atomic E-state index is 13.3. The predicted octanol–water partition coefficient (Wildman–Crippen LogP) is 2.85. The SMILES string of the molecule is Cn1cc(C2CCCCN2C(=O)c2nc(C(F)(F)F)n3ccncc23)cn1. The van der Waals surface area contributed by atoms with Gasteiger partial charge in [-0.1, -0.05) is 0 Å². The average molecular weight is 378 g/mol. The van der Waals surface area contributed by atoms with Crippen molar-refractivity contribution in [2.45, 2.75) is 31.5 Å². The van der Waals surface area contributed by atoms with E-state index in [9.17, 15) is 18.0 Å². The van der Waals surface area contributed by atoms with Gasteiger partial charge in [0.25, 0.3) is 5.91 Å². The number of hydrogen-bond acceptors (Lipinski definition) is 4. The summed E-state index contributed by atoms with van der Waals surface area (Å²) >= 11 is 0. The third-order valence-electron chi connectivity index (χ3n) is 4.78. The maximum absolute atomic E-state index is 13.3. The molecule has 0 N–H and O–H groups in total. The van der Waals surface area contributed by atoms with Crippen LogP contribution in [-0.2, 0) is 13.2 Å². The molecule has 1 atom stereocenters. The lowest BCUT2D eigenvalue weighted by Crippen LogP contribution is -2.38. The van der Waals surface area contributed by atoms with Gasteiger partial charge < -0.3 is 4.90 Å². The Kier molecular flexibility index (Phi) is 4.12. The molecule has 0 spiro atoms. The maximum Gasteiger partial charge on any atom is 0.450 e. The van der Waals surface area contributed by atoms with Gasteiger partial charge in [-0.25, -0.2) is 4.98 Å². The summed E-state index contributed by atoms with van der Waals surface area (Å²) in [6.45, 7) is 0.457. The summed E-state index contributed by atoms with van der Waals surface area (Å²) in [6.07, 6.45) is 4.92. The van der Waals surface area contributed by atoms with Crippen LogP contribution in [0.15, 0.2) is 31.0 Å². The molecular formula is C17H17F3N6O. The fourth-order valence-corrected chi connectivity index (χ4v) is 3.57. The molecule has 1 saturated heterocycles. The van der Waals surface area contributed by atoms with E-state index in [0.29, 0.717) is 6.54 Å². The third kappa shape index (κ3) is 3.04. The summed E-state index contributed by atoms with van der Waals surface area (Å²) in [7, 11) is 1.78. The lowest BCUT2D eigenvalue weighted by Gasteiger charge is -2.35. The smallest absolute Gasteiger partial charge is 0.330 e. The van der Waals surface area contributed by atoms with Crippen molar-refractivity contribution < 1.29 is 18.0 Å². The zero-order valence-electron chi connectivity index (χ0n) is 14.5. The van der Waals surface area contributed by atoms with Crippen molar-refractivity contribution in [1.82, 2.24) is 29.0 Å². The van der Waals surface area contributed by atoms with E-state index in [1.807, 2.05) is 6.20 Å². The molecule has 0 bridgehead atoms. The quantitative estimate of drug-likeness (QED) is 0.688. The molecule has 0 saturated carbocycles. The van der Waals surface area contributed by atoms with E-state index in [1.165, 1.54) is 12.4 Å². The summed E-state index contributed by atoms with van der Waals surface area (Å²) in [5.41, 5.74) is 0.680. The number of likely N-dealkylation sites (tertiary alicyclic amines) is 1. The second kappa shape index (κ2) is 6.36. The Morgan fingerprint density at radius 3 is 2.78 bits per heavy atom. The molecule has 1 amide bonds. The average Bonchev–Trinajstić information content (AvgIpc) is 3.25. The number of rotatable bonds is 2. The summed E-state index contributed by atoms with van der Waals surface area (Å²) in [5.74, 6) is -1.65. The lowest BCUT2D eigenvalue weighted by molar-refractivity contribution is -0.145. The molecule has 3 aromatic rings. The number of nitrogens with zero attached hydrogens (tertiary/aromatic N) is 6. The van der Waals surface area contributed by atoms with Crippen LogP contribution in [0.25, 0.3) is 5.52 Å². The molecule has 4 heterocycles. The molecule has 3 aromatic heterocycles. The fraction of sp³-hybridized carbons (Fsp3) is 0.412. The summed E-state index contributed by atoms with van der Waals surface area (Å²) in [5, 5.41) is 4.14. The summed E-state index contributed by atoms with van der Waals surface area (Å²) in [6, 6.07) is -0.234. The van der Waals surface area contributed by atoms with Crippen LogP contribution in [0.1, 0.15) is 47.2 Å². The molecule has 0 radical (unpaired) electrons. The Morgan fingerprint density at radius 2 is 2.07 bits per heavy atom. The first-order valence-corrected chi connectivity index (χ1v) is 8.55. The first-order chi connectivity index (χ1) is 12.9. The zero-order valence-corrected chi connectivity index (χ0v) is 14.5. The molecule has 1 aliphatic heterocycles. The highest BCUT2D eigenvalue weighted by Gasteiger charge is 2.39. The molecule has 7 nitrogen and oxygen atoms in total. The molecular weight excluding hydrogens is 361 g/mol. The van der Waals surface area contributed by atoms with E-state index < -0.39 is 17.9 Å². The monoisotopic (exact) mass is 378 g/mol. The number of aromatic nitrogens is 5. The van der Waals surface area contributed by atoms with Gasteiger partial charge in [-0.3, -0.25) is 18.9 Å². The first kappa shape index (κ1) is 17.5. The van der Waals surface area contributed by atoms with E-state index in [0.717, 1.165) is 35.4 Å². The van der Waals surface area contributed by atoms with Crippen LogP contribution in [0.4, 0.5) is 13.2 Å². The van der Waals surface area contributed by atoms with Crippen LogP contribution in [-0.4, -0.2) is 41.5 Å². The molecule has 1 aliphatic rings. The Bertz CT molecular complexity index is 992. The number of hydrogen-bond donors (Lipinski definition) is 0. The molecule has 0 aromatic carbocycles. The van der Waals surface area contributed by atoms with Gasteiger partial charge in [-0.05, 0) is 19.3 Å². The van der Waals surface area contributed by atoms with E-state index in [4.69, 9.17) is 0 Å². The van der Waals surface area contributed by atoms with Crippen molar-refractivity contribution in [1.29, 1.82) is 0 Å². The van der Waals surface area contributed by atoms with Crippen LogP contribution in [0.3, 0.4) is 0 Å². The Hall–Kier alpha value is -2.91. The number of alkyl halides is 3. The van der Waals surface area contributed by atoms with Crippen LogP contribution in [0, 0.1) is 0 Å². The van der Waals surface area contributed by atoms with Crippen molar-refractivity contribution in [3.05, 3.63) is 48.1 Å². The van der Waals surface area contributed by atoms with Gasteiger partial charge in [0, 0.05) is 37.7 Å². The van der Waals surface area contributed by atoms with Gasteiger partial charge in [0.1, 0.15) is 0 Å². The Balaban J connectivity index is 1.77. The summed E-state index contributed by atoms with van der Waals surface area (Å²) < 4.78 is 42.5. The molecule has 0 aliphatic carbocycles. The van der Waals surface area contributed by atoms with Crippen LogP contribution in [0.5, 0.6) is 0 Å². The number of halogens is 3. The molecule has 1 fully saturated rings. The minimum Gasteiger partial charge on any atom is -0.330 e. The van der Waals surface area contributed by atoms with Gasteiger partial charge in [0.2, 0.25) is 5.82 Å². The van der Waals surface area contributed by atoms with Crippen molar-refractivity contribution in [2.24, 2.45) is 7.05 Å². The summed E-state index contributed by atoms with van der Waals surface area (Å²) in [4.78, 5) is 22.3. The number of piperidine rings is 1. The first-order valence-electron chi connectivity index (χ1n) is 8.55. The predicted molar refractivity (Wildman–Crippen MR) is 88.8 cm³/mol. The van der Waals surface area contributed by atoms with Crippen LogP contribution >= 0.6 is 0 Å². The number of aryl methyl sites for hydroxylation is 1. The Morgan fingerprint density at radius 1 is 1.26 bits per heavy atom. The molecule has 142 valence electrons. The van der Waals surface area contributed by atoms with Crippen molar-refractivity contribution >= 4 is 11.4 Å². The van der Waals surface area contributed by atoms with E-state index in [1.54, 1.807) is 22.8 Å². The normalized spacial score (nSPS) is 18.2. The van der Waals surface area contributed by atoms with E-state index >= 15 is 0 Å². The molecule has 4 rings (SSSR count). The number of amides is 1. The van der Waals surface area contributed by atoms with Crippen molar-refractivity contribution in [3.8, 4) is 0 Å². The van der Waals surface area contributed by atoms with Gasteiger partial charge in [-0.2, -0.15) is 18.3 Å². The lowest BCUT2D eigenvalue weighted by atomic mass is 9.97. The van der Waals surface area contributed by atoms with E-state index in [2.05, 4.69) is 15.1 Å². The second-order valence-electron chi connectivity index (χ2n) is 6.57. The minimum absolute atomic E-state index is 0.0466. The fourth-order valence-electron chi connectivity index (χ4n) is 3.57. The molecule has 27 heavy (non-hydrogen) atoms. The van der Waals surface area contributed by atoms with Gasteiger partial charge in [0.05, 0.1) is 24.0 Å². The molecule has 1 unspecified atom stereocenters. The van der Waals surface area contributed by atoms with Crippen LogP contribution in [0.2, 0.25) is 0 Å². The minimum atomic E-state index is -4.67.